The quantitative estimate of drug-likeness (QED) is 0.560. The fourth-order valence-corrected chi connectivity index (χ4v) is 4.07. The van der Waals surface area contributed by atoms with Crippen molar-refractivity contribution in [1.82, 2.24) is 10.2 Å². The van der Waals surface area contributed by atoms with E-state index in [2.05, 4.69) is 15.5 Å². The number of benzene rings is 2. The summed E-state index contributed by atoms with van der Waals surface area (Å²) in [7, 11) is -3.30. The number of sulfone groups is 1. The molecule has 0 saturated heterocycles. The molecule has 2 aromatic carbocycles. The Bertz CT molecular complexity index is 1030. The molecule has 0 unspecified atom stereocenters. The molecule has 0 atom stereocenters. The van der Waals surface area contributed by atoms with Gasteiger partial charge in [0.05, 0.1) is 10.6 Å². The highest BCUT2D eigenvalue weighted by molar-refractivity contribution is 7.99. The van der Waals surface area contributed by atoms with Gasteiger partial charge in [-0.05, 0) is 36.4 Å². The number of carbonyl (C=O) groups is 1. The summed E-state index contributed by atoms with van der Waals surface area (Å²) >= 11 is 1.68. The van der Waals surface area contributed by atoms with Crippen LogP contribution in [0.25, 0.3) is 0 Å². The first-order valence-corrected chi connectivity index (χ1v) is 11.3. The highest BCUT2D eigenvalue weighted by Crippen LogP contribution is 2.19. The minimum atomic E-state index is -3.30. The van der Waals surface area contributed by atoms with E-state index >= 15 is 0 Å². The van der Waals surface area contributed by atoms with Crippen molar-refractivity contribution in [3.05, 3.63) is 66.1 Å². The van der Waals surface area contributed by atoms with E-state index in [-0.39, 0.29) is 16.7 Å². The van der Waals surface area contributed by atoms with Gasteiger partial charge in [0.2, 0.25) is 5.89 Å². The Balaban J connectivity index is 1.55. The summed E-state index contributed by atoms with van der Waals surface area (Å²) in [6, 6.07) is 15.7. The van der Waals surface area contributed by atoms with Crippen LogP contribution in [0.2, 0.25) is 0 Å². The molecule has 7 nitrogen and oxygen atoms in total. The summed E-state index contributed by atoms with van der Waals surface area (Å²) in [6.07, 6.45) is 0.575. The summed E-state index contributed by atoms with van der Waals surface area (Å²) in [5, 5.41) is 10.3. The predicted molar refractivity (Wildman–Crippen MR) is 107 cm³/mol. The number of nitrogens with one attached hydrogen (secondary N) is 1. The van der Waals surface area contributed by atoms with Crippen LogP contribution in [0.5, 0.6) is 0 Å². The summed E-state index contributed by atoms with van der Waals surface area (Å²) in [6.45, 7) is 1.57. The van der Waals surface area contributed by atoms with E-state index in [0.29, 0.717) is 17.9 Å². The van der Waals surface area contributed by atoms with E-state index in [4.69, 9.17) is 4.42 Å². The van der Waals surface area contributed by atoms with E-state index in [9.17, 15) is 13.2 Å². The number of aromatic nitrogens is 2. The van der Waals surface area contributed by atoms with Crippen LogP contribution in [0.3, 0.4) is 0 Å². The fourth-order valence-electron chi connectivity index (χ4n) is 2.33. The molecule has 1 heterocycles. The van der Waals surface area contributed by atoms with Gasteiger partial charge in [0, 0.05) is 22.6 Å². The van der Waals surface area contributed by atoms with Gasteiger partial charge in [0.15, 0.2) is 9.84 Å². The molecule has 28 heavy (non-hydrogen) atoms. The van der Waals surface area contributed by atoms with Crippen LogP contribution in [0.15, 0.2) is 68.8 Å². The van der Waals surface area contributed by atoms with E-state index < -0.39 is 15.7 Å². The zero-order valence-corrected chi connectivity index (χ0v) is 16.8. The van der Waals surface area contributed by atoms with Gasteiger partial charge in [-0.1, -0.05) is 30.2 Å². The topological polar surface area (TPSA) is 102 Å². The van der Waals surface area contributed by atoms with Crippen LogP contribution < -0.4 is 5.32 Å². The third kappa shape index (κ3) is 5.20. The van der Waals surface area contributed by atoms with E-state index in [1.165, 1.54) is 24.3 Å². The molecule has 9 heteroatoms. The standard InChI is InChI=1S/C19H19N3O4S2/c1-2-28(24,25)16-10-8-14(9-11-16)18(23)20-19-22-21-17(26-19)12-13-27-15-6-4-3-5-7-15/h3-11H,2,12-13H2,1H3,(H,20,22,23). The van der Waals surface area contributed by atoms with Crippen molar-refractivity contribution in [3.8, 4) is 0 Å². The molecule has 1 N–H and O–H groups in total. The maximum atomic E-state index is 12.3. The number of nitrogens with zero attached hydrogens (tertiary/aromatic N) is 2. The molecule has 146 valence electrons. The first-order valence-electron chi connectivity index (χ1n) is 8.62. The summed E-state index contributed by atoms with van der Waals surface area (Å²) < 4.78 is 29.1. The van der Waals surface area contributed by atoms with Crippen molar-refractivity contribution in [2.24, 2.45) is 0 Å². The Morgan fingerprint density at radius 1 is 1.07 bits per heavy atom. The largest absolute Gasteiger partial charge is 0.408 e. The SMILES string of the molecule is CCS(=O)(=O)c1ccc(C(=O)Nc2nnc(CCSc3ccccc3)o2)cc1. The predicted octanol–water partition coefficient (Wildman–Crippen LogP) is 3.45. The number of anilines is 1. The Morgan fingerprint density at radius 2 is 1.79 bits per heavy atom. The Kier molecular flexibility index (Phi) is 6.48. The first-order chi connectivity index (χ1) is 13.5. The lowest BCUT2D eigenvalue weighted by Crippen LogP contribution is -2.12. The Hall–Kier alpha value is -2.65. The van der Waals surface area contributed by atoms with Crippen LogP contribution in [-0.2, 0) is 16.3 Å². The molecule has 3 aromatic rings. The number of thioether (sulfide) groups is 1. The van der Waals surface area contributed by atoms with Gasteiger partial charge in [0.1, 0.15) is 0 Å². The van der Waals surface area contributed by atoms with Gasteiger partial charge in [-0.3, -0.25) is 10.1 Å². The number of hydrogen-bond donors (Lipinski definition) is 1. The first kappa shape index (κ1) is 20.1. The van der Waals surface area contributed by atoms with E-state index in [1.807, 2.05) is 30.3 Å². The average molecular weight is 418 g/mol. The van der Waals surface area contributed by atoms with Crippen molar-refractivity contribution in [1.29, 1.82) is 0 Å². The minimum Gasteiger partial charge on any atom is -0.408 e. The Morgan fingerprint density at radius 3 is 2.46 bits per heavy atom. The molecule has 0 aliphatic carbocycles. The second-order valence-corrected chi connectivity index (χ2v) is 9.24. The van der Waals surface area contributed by atoms with Crippen molar-refractivity contribution in [2.45, 2.75) is 23.1 Å². The van der Waals surface area contributed by atoms with Crippen LogP contribution in [0.1, 0.15) is 23.2 Å². The lowest BCUT2D eigenvalue weighted by atomic mass is 10.2. The zero-order valence-electron chi connectivity index (χ0n) is 15.2. The van der Waals surface area contributed by atoms with Gasteiger partial charge in [-0.15, -0.1) is 16.9 Å². The lowest BCUT2D eigenvalue weighted by molar-refractivity contribution is 0.102. The minimum absolute atomic E-state index is 0.00582. The van der Waals surface area contributed by atoms with Crippen LogP contribution in [0, 0.1) is 0 Å². The van der Waals surface area contributed by atoms with Gasteiger partial charge in [0.25, 0.3) is 5.91 Å². The highest BCUT2D eigenvalue weighted by atomic mass is 32.2. The summed E-state index contributed by atoms with van der Waals surface area (Å²) in [4.78, 5) is 13.6. The molecule has 1 aromatic heterocycles. The number of aryl methyl sites for hydroxylation is 1. The summed E-state index contributed by atoms with van der Waals surface area (Å²) in [5.74, 6) is 0.760. The molecule has 0 fully saturated rings. The van der Waals surface area contributed by atoms with Crippen LogP contribution in [0.4, 0.5) is 6.01 Å². The second-order valence-electron chi connectivity index (χ2n) is 5.79. The number of carbonyl (C=O) groups excluding carboxylic acids is 1. The molecule has 0 spiro atoms. The van der Waals surface area contributed by atoms with Crippen molar-refractivity contribution >= 4 is 33.5 Å². The number of rotatable bonds is 8. The van der Waals surface area contributed by atoms with E-state index in [0.717, 1.165) is 10.6 Å². The Labute approximate surface area is 167 Å². The third-order valence-corrected chi connectivity index (χ3v) is 6.64. The monoisotopic (exact) mass is 417 g/mol. The number of amides is 1. The highest BCUT2D eigenvalue weighted by Gasteiger charge is 2.15. The molecule has 0 bridgehead atoms. The molecule has 3 rings (SSSR count). The average Bonchev–Trinajstić information content (AvgIpc) is 3.16. The molecule has 0 aliphatic heterocycles. The van der Waals surface area contributed by atoms with Gasteiger partial charge in [-0.25, -0.2) is 8.42 Å². The molecule has 0 radical (unpaired) electrons. The maximum Gasteiger partial charge on any atom is 0.322 e. The number of hydrogen-bond acceptors (Lipinski definition) is 7. The third-order valence-electron chi connectivity index (χ3n) is 3.87. The molecule has 1 amide bonds. The normalized spacial score (nSPS) is 11.3. The maximum absolute atomic E-state index is 12.3. The lowest BCUT2D eigenvalue weighted by Gasteiger charge is -2.03. The van der Waals surface area contributed by atoms with E-state index in [1.54, 1.807) is 18.7 Å². The fraction of sp³-hybridized carbons (Fsp3) is 0.211. The molecule has 0 saturated carbocycles. The van der Waals surface area contributed by atoms with Gasteiger partial charge < -0.3 is 4.42 Å². The van der Waals surface area contributed by atoms with Gasteiger partial charge >= 0.3 is 6.01 Å². The van der Waals surface area contributed by atoms with Crippen molar-refractivity contribution in [2.75, 3.05) is 16.8 Å². The molecular formula is C19H19N3O4S2. The molecular weight excluding hydrogens is 398 g/mol. The van der Waals surface area contributed by atoms with Crippen LogP contribution >= 0.6 is 11.8 Å². The molecule has 0 aliphatic rings. The zero-order chi connectivity index (χ0) is 20.0. The van der Waals surface area contributed by atoms with Crippen molar-refractivity contribution in [3.63, 3.8) is 0 Å². The van der Waals surface area contributed by atoms with Gasteiger partial charge in [-0.2, -0.15) is 0 Å². The second kappa shape index (κ2) is 9.03. The smallest absolute Gasteiger partial charge is 0.322 e. The van der Waals surface area contributed by atoms with Crippen molar-refractivity contribution < 1.29 is 17.6 Å². The van der Waals surface area contributed by atoms with Crippen LogP contribution in [-0.4, -0.2) is 36.0 Å². The summed E-state index contributed by atoms with van der Waals surface area (Å²) in [5.41, 5.74) is 0.300.